The third kappa shape index (κ3) is 9.05. The number of alkyl carbamates (subject to hydrolysis) is 1. The summed E-state index contributed by atoms with van der Waals surface area (Å²) in [5.74, 6) is -0.908. The van der Waals surface area contributed by atoms with Crippen molar-refractivity contribution in [1.29, 1.82) is 0 Å². The van der Waals surface area contributed by atoms with E-state index < -0.39 is 35.7 Å². The molecule has 7 heteroatoms. The maximum atomic E-state index is 12.4. The molecular weight excluding hydrogens is 300 g/mol. The van der Waals surface area contributed by atoms with Crippen molar-refractivity contribution in [3.63, 3.8) is 0 Å². The highest BCUT2D eigenvalue weighted by molar-refractivity contribution is 5.89. The molecule has 2 atom stereocenters. The molecule has 0 spiro atoms. The van der Waals surface area contributed by atoms with Crippen LogP contribution in [-0.2, 0) is 19.1 Å². The maximum absolute atomic E-state index is 12.4. The van der Waals surface area contributed by atoms with E-state index in [9.17, 15) is 14.4 Å². The molecule has 0 aromatic rings. The van der Waals surface area contributed by atoms with Gasteiger partial charge in [0.25, 0.3) is 0 Å². The quantitative estimate of drug-likeness (QED) is 0.665. The molecule has 0 saturated heterocycles. The summed E-state index contributed by atoms with van der Waals surface area (Å²) in [6, 6.07) is -1.46. The molecule has 0 aromatic carbocycles. The number of hydrogen-bond acceptors (Lipinski definition) is 5. The number of nitrogens with one attached hydrogen (secondary N) is 2. The van der Waals surface area contributed by atoms with Crippen LogP contribution >= 0.6 is 0 Å². The lowest BCUT2D eigenvalue weighted by Gasteiger charge is -2.24. The van der Waals surface area contributed by atoms with Gasteiger partial charge in [-0.25, -0.2) is 9.59 Å². The molecule has 0 saturated carbocycles. The number of carbonyl (C=O) groups excluding carboxylic acids is 3. The fourth-order valence-electron chi connectivity index (χ4n) is 1.96. The van der Waals surface area contributed by atoms with E-state index in [0.717, 1.165) is 6.42 Å². The molecule has 0 radical (unpaired) electrons. The molecule has 23 heavy (non-hydrogen) atoms. The second kappa shape index (κ2) is 10.1. The number of ether oxygens (including phenoxy) is 2. The average Bonchev–Trinajstić information content (AvgIpc) is 2.43. The van der Waals surface area contributed by atoms with Gasteiger partial charge in [0.2, 0.25) is 5.91 Å². The third-order valence-electron chi connectivity index (χ3n) is 2.96. The molecule has 0 aliphatic carbocycles. The van der Waals surface area contributed by atoms with E-state index in [0.29, 0.717) is 19.3 Å². The topological polar surface area (TPSA) is 93.7 Å². The first kappa shape index (κ1) is 21.2. The first-order chi connectivity index (χ1) is 10.6. The highest BCUT2D eigenvalue weighted by Crippen LogP contribution is 2.08. The van der Waals surface area contributed by atoms with Gasteiger partial charge in [-0.3, -0.25) is 4.79 Å². The summed E-state index contributed by atoms with van der Waals surface area (Å²) < 4.78 is 9.85. The average molecular weight is 330 g/mol. The van der Waals surface area contributed by atoms with Crippen LogP contribution in [0.2, 0.25) is 0 Å². The highest BCUT2D eigenvalue weighted by atomic mass is 16.6. The molecule has 0 heterocycles. The number of esters is 1. The summed E-state index contributed by atoms with van der Waals surface area (Å²) >= 11 is 0. The minimum Gasteiger partial charge on any atom is -0.467 e. The highest BCUT2D eigenvalue weighted by Gasteiger charge is 2.27. The SMILES string of the molecule is CCCC(NC(=O)OC(C)(C)C)C(=O)NC(CCC)C(=O)OC. The lowest BCUT2D eigenvalue weighted by molar-refractivity contribution is -0.145. The Hall–Kier alpha value is -1.79. The zero-order chi connectivity index (χ0) is 18.0. The van der Waals surface area contributed by atoms with Crippen LogP contribution in [0.3, 0.4) is 0 Å². The number of methoxy groups -OCH3 is 1. The Kier molecular flexibility index (Phi) is 9.29. The molecule has 7 nitrogen and oxygen atoms in total. The Morgan fingerprint density at radius 2 is 1.48 bits per heavy atom. The van der Waals surface area contributed by atoms with Crippen LogP contribution in [0.15, 0.2) is 0 Å². The van der Waals surface area contributed by atoms with Gasteiger partial charge in [0.05, 0.1) is 7.11 Å². The Morgan fingerprint density at radius 1 is 0.957 bits per heavy atom. The summed E-state index contributed by atoms with van der Waals surface area (Å²) in [6.07, 6.45) is 1.69. The van der Waals surface area contributed by atoms with Crippen molar-refractivity contribution in [3.05, 3.63) is 0 Å². The summed E-state index contributed by atoms with van der Waals surface area (Å²) in [5.41, 5.74) is -0.645. The third-order valence-corrected chi connectivity index (χ3v) is 2.96. The fraction of sp³-hybridized carbons (Fsp3) is 0.812. The van der Waals surface area contributed by atoms with Gasteiger partial charge < -0.3 is 20.1 Å². The van der Waals surface area contributed by atoms with E-state index in [1.807, 2.05) is 13.8 Å². The Morgan fingerprint density at radius 3 is 1.91 bits per heavy atom. The van der Waals surface area contributed by atoms with Gasteiger partial charge in [0.15, 0.2) is 0 Å². The normalized spacial score (nSPS) is 13.7. The predicted octanol–water partition coefficient (Wildman–Crippen LogP) is 2.14. The van der Waals surface area contributed by atoms with E-state index in [-0.39, 0.29) is 0 Å². The van der Waals surface area contributed by atoms with Gasteiger partial charge in [0, 0.05) is 0 Å². The smallest absolute Gasteiger partial charge is 0.408 e. The molecule has 2 amide bonds. The molecule has 0 aliphatic heterocycles. The Bertz CT molecular complexity index is 404. The first-order valence-electron chi connectivity index (χ1n) is 8.02. The van der Waals surface area contributed by atoms with E-state index >= 15 is 0 Å². The van der Waals surface area contributed by atoms with Crippen molar-refractivity contribution in [2.24, 2.45) is 0 Å². The van der Waals surface area contributed by atoms with Crippen molar-refractivity contribution in [1.82, 2.24) is 10.6 Å². The first-order valence-corrected chi connectivity index (χ1v) is 8.02. The second-order valence-corrected chi connectivity index (χ2v) is 6.36. The minimum absolute atomic E-state index is 0.415. The van der Waals surface area contributed by atoms with Crippen LogP contribution in [0.1, 0.15) is 60.3 Å². The molecule has 0 bridgehead atoms. The Balaban J connectivity index is 4.83. The molecule has 134 valence electrons. The molecule has 0 fully saturated rings. The van der Waals surface area contributed by atoms with Gasteiger partial charge in [-0.15, -0.1) is 0 Å². The monoisotopic (exact) mass is 330 g/mol. The minimum atomic E-state index is -0.751. The standard InChI is InChI=1S/C16H30N2O5/c1-7-9-11(18-15(21)23-16(3,4)5)13(19)17-12(10-8-2)14(20)22-6/h11-12H,7-10H2,1-6H3,(H,17,19)(H,18,21). The zero-order valence-corrected chi connectivity index (χ0v) is 15.0. The molecule has 0 aliphatic rings. The van der Waals surface area contributed by atoms with Crippen LogP contribution in [0.5, 0.6) is 0 Å². The van der Waals surface area contributed by atoms with Crippen molar-refractivity contribution >= 4 is 18.0 Å². The van der Waals surface area contributed by atoms with Crippen molar-refractivity contribution in [3.8, 4) is 0 Å². The summed E-state index contributed by atoms with van der Waals surface area (Å²) in [4.78, 5) is 35.9. The van der Waals surface area contributed by atoms with E-state index in [1.54, 1.807) is 20.8 Å². The molecule has 2 unspecified atom stereocenters. The van der Waals surface area contributed by atoms with Crippen LogP contribution in [0.4, 0.5) is 4.79 Å². The Labute approximate surface area is 138 Å². The van der Waals surface area contributed by atoms with Gasteiger partial charge in [0.1, 0.15) is 17.7 Å². The molecular formula is C16H30N2O5. The number of hydrogen-bond donors (Lipinski definition) is 2. The predicted molar refractivity (Wildman–Crippen MR) is 86.9 cm³/mol. The number of rotatable bonds is 8. The largest absolute Gasteiger partial charge is 0.467 e. The van der Waals surface area contributed by atoms with Crippen molar-refractivity contribution < 1.29 is 23.9 Å². The number of carbonyl (C=O) groups is 3. The van der Waals surface area contributed by atoms with Crippen LogP contribution in [0, 0.1) is 0 Å². The van der Waals surface area contributed by atoms with Gasteiger partial charge in [-0.2, -0.15) is 0 Å². The fourth-order valence-corrected chi connectivity index (χ4v) is 1.96. The second-order valence-electron chi connectivity index (χ2n) is 6.36. The van der Waals surface area contributed by atoms with Crippen molar-refractivity contribution in [2.45, 2.75) is 78.0 Å². The van der Waals surface area contributed by atoms with E-state index in [4.69, 9.17) is 4.74 Å². The summed E-state index contributed by atoms with van der Waals surface area (Å²) in [5, 5.41) is 5.19. The van der Waals surface area contributed by atoms with E-state index in [1.165, 1.54) is 7.11 Å². The van der Waals surface area contributed by atoms with Gasteiger partial charge >= 0.3 is 12.1 Å². The molecule has 2 N–H and O–H groups in total. The summed E-state index contributed by atoms with van der Waals surface area (Å²) in [6.45, 7) is 9.05. The van der Waals surface area contributed by atoms with Gasteiger partial charge in [-0.05, 0) is 33.6 Å². The van der Waals surface area contributed by atoms with Crippen LogP contribution < -0.4 is 10.6 Å². The lowest BCUT2D eigenvalue weighted by Crippen LogP contribution is -2.52. The van der Waals surface area contributed by atoms with Gasteiger partial charge in [-0.1, -0.05) is 26.7 Å². The molecule has 0 rings (SSSR count). The van der Waals surface area contributed by atoms with Crippen LogP contribution in [0.25, 0.3) is 0 Å². The molecule has 0 aromatic heterocycles. The van der Waals surface area contributed by atoms with Crippen LogP contribution in [-0.4, -0.2) is 42.8 Å². The lowest BCUT2D eigenvalue weighted by atomic mass is 10.1. The maximum Gasteiger partial charge on any atom is 0.408 e. The number of amides is 2. The zero-order valence-electron chi connectivity index (χ0n) is 15.0. The van der Waals surface area contributed by atoms with E-state index in [2.05, 4.69) is 15.4 Å². The van der Waals surface area contributed by atoms with Crippen molar-refractivity contribution in [2.75, 3.05) is 7.11 Å². The summed E-state index contributed by atoms with van der Waals surface area (Å²) in [7, 11) is 1.28.